The minimum absolute atomic E-state index is 0.113. The summed E-state index contributed by atoms with van der Waals surface area (Å²) in [5.41, 5.74) is 1.33. The van der Waals surface area contributed by atoms with Crippen molar-refractivity contribution >= 4 is 40.4 Å². The Balaban J connectivity index is 1.82. The number of hydrogen-bond donors (Lipinski definition) is 1. The summed E-state index contributed by atoms with van der Waals surface area (Å²) < 4.78 is 0. The molecular weight excluding hydrogens is 378 g/mol. The van der Waals surface area contributed by atoms with E-state index in [-0.39, 0.29) is 16.4 Å². The number of thiocarbonyl (C=S) groups is 1. The fraction of sp³-hybridized carbons (Fsp3) is 0. The number of non-ortho nitro benzene ring substituents is 1. The molecule has 0 aromatic heterocycles. The van der Waals surface area contributed by atoms with Crippen LogP contribution in [0.1, 0.15) is 10.4 Å². The van der Waals surface area contributed by atoms with Crippen molar-refractivity contribution in [2.75, 3.05) is 10.4 Å². The monoisotopic (exact) mass is 393 g/mol. The van der Waals surface area contributed by atoms with Gasteiger partial charge in [-0.1, -0.05) is 36.4 Å². The van der Waals surface area contributed by atoms with Crippen LogP contribution in [0.15, 0.2) is 84.9 Å². The quantitative estimate of drug-likeness (QED) is 0.395. The number of hydrogen-bond acceptors (Lipinski definition) is 5. The maximum atomic E-state index is 12.5. The van der Waals surface area contributed by atoms with E-state index in [0.29, 0.717) is 5.69 Å². The van der Waals surface area contributed by atoms with Crippen molar-refractivity contribution in [2.24, 2.45) is 0 Å². The second-order valence-electron chi connectivity index (χ2n) is 5.61. The number of nitro benzene ring substituents is 1. The molecule has 0 unspecified atom stereocenters. The molecule has 0 amide bonds. The summed E-state index contributed by atoms with van der Waals surface area (Å²) in [6, 6.07) is 23.2. The average molecular weight is 393 g/mol. The summed E-state index contributed by atoms with van der Waals surface area (Å²) in [5, 5.41) is 15.1. The SMILES string of the molecule is O=C(ON(C(=S)Nc1ccccc1)c1ccccc1)c1ccc([N+](=O)[O-])cc1. The van der Waals surface area contributed by atoms with E-state index in [0.717, 1.165) is 5.69 Å². The van der Waals surface area contributed by atoms with Gasteiger partial charge in [-0.15, -0.1) is 5.06 Å². The lowest BCUT2D eigenvalue weighted by atomic mass is 10.2. The van der Waals surface area contributed by atoms with E-state index in [2.05, 4.69) is 5.32 Å². The molecule has 28 heavy (non-hydrogen) atoms. The molecule has 8 heteroatoms. The number of para-hydroxylation sites is 2. The van der Waals surface area contributed by atoms with Gasteiger partial charge in [0.15, 0.2) is 0 Å². The largest absolute Gasteiger partial charge is 0.363 e. The lowest BCUT2D eigenvalue weighted by Gasteiger charge is -2.24. The summed E-state index contributed by atoms with van der Waals surface area (Å²) in [4.78, 5) is 28.2. The molecule has 0 aliphatic rings. The van der Waals surface area contributed by atoms with Gasteiger partial charge >= 0.3 is 5.97 Å². The lowest BCUT2D eigenvalue weighted by molar-refractivity contribution is -0.384. The third-order valence-corrected chi connectivity index (χ3v) is 3.96. The second kappa shape index (κ2) is 8.74. The number of hydroxylamine groups is 1. The van der Waals surface area contributed by atoms with E-state index >= 15 is 0 Å². The molecule has 0 aliphatic heterocycles. The van der Waals surface area contributed by atoms with Crippen LogP contribution in [0.25, 0.3) is 0 Å². The van der Waals surface area contributed by atoms with Crippen molar-refractivity contribution in [1.29, 1.82) is 0 Å². The number of benzene rings is 3. The van der Waals surface area contributed by atoms with Gasteiger partial charge in [0.1, 0.15) is 0 Å². The summed E-state index contributed by atoms with van der Waals surface area (Å²) in [6.45, 7) is 0. The standard InChI is InChI=1S/C20H15N3O4S/c24-19(15-11-13-18(14-12-15)23(25)26)27-22(17-9-5-2-6-10-17)20(28)21-16-7-3-1-4-8-16/h1-14H,(H,21,28). The maximum Gasteiger partial charge on any atom is 0.363 e. The number of carbonyl (C=O) groups is 1. The molecule has 0 spiro atoms. The highest BCUT2D eigenvalue weighted by Crippen LogP contribution is 2.19. The Morgan fingerprint density at radius 1 is 0.929 bits per heavy atom. The Kier molecular flexibility index (Phi) is 5.93. The van der Waals surface area contributed by atoms with Gasteiger partial charge in [-0.25, -0.2) is 4.79 Å². The average Bonchev–Trinajstić information content (AvgIpc) is 2.73. The fourth-order valence-corrected chi connectivity index (χ4v) is 2.59. The Labute approximate surface area is 166 Å². The van der Waals surface area contributed by atoms with Gasteiger partial charge in [0.2, 0.25) is 5.11 Å². The van der Waals surface area contributed by atoms with Crippen LogP contribution >= 0.6 is 12.2 Å². The lowest BCUT2D eigenvalue weighted by Crippen LogP contribution is -2.36. The van der Waals surface area contributed by atoms with E-state index in [9.17, 15) is 14.9 Å². The van der Waals surface area contributed by atoms with Crippen LogP contribution in [0.4, 0.5) is 17.1 Å². The normalized spacial score (nSPS) is 10.0. The first kappa shape index (κ1) is 19.0. The third-order valence-electron chi connectivity index (χ3n) is 3.69. The van der Waals surface area contributed by atoms with Crippen LogP contribution in [0.5, 0.6) is 0 Å². The second-order valence-corrected chi connectivity index (χ2v) is 6.00. The molecule has 0 saturated carbocycles. The molecule has 1 N–H and O–H groups in total. The van der Waals surface area contributed by atoms with Gasteiger partial charge in [0.05, 0.1) is 16.2 Å². The molecule has 0 aliphatic carbocycles. The first-order chi connectivity index (χ1) is 13.5. The van der Waals surface area contributed by atoms with Gasteiger partial charge in [-0.2, -0.15) is 0 Å². The summed E-state index contributed by atoms with van der Waals surface area (Å²) >= 11 is 5.41. The summed E-state index contributed by atoms with van der Waals surface area (Å²) in [7, 11) is 0. The van der Waals surface area contributed by atoms with Crippen LogP contribution in [0, 0.1) is 10.1 Å². The van der Waals surface area contributed by atoms with E-state index < -0.39 is 10.9 Å². The van der Waals surface area contributed by atoms with Crippen molar-refractivity contribution in [2.45, 2.75) is 0 Å². The number of carbonyl (C=O) groups excluding carboxylic acids is 1. The number of nitrogens with one attached hydrogen (secondary N) is 1. The van der Waals surface area contributed by atoms with Gasteiger partial charge in [0, 0.05) is 17.8 Å². The van der Waals surface area contributed by atoms with Crippen molar-refractivity contribution in [3.63, 3.8) is 0 Å². The van der Waals surface area contributed by atoms with E-state index in [4.69, 9.17) is 17.1 Å². The number of rotatable bonds is 4. The van der Waals surface area contributed by atoms with Gasteiger partial charge in [0.25, 0.3) is 5.69 Å². The van der Waals surface area contributed by atoms with Crippen molar-refractivity contribution in [1.82, 2.24) is 0 Å². The molecule has 0 fully saturated rings. The predicted molar refractivity (Wildman–Crippen MR) is 110 cm³/mol. The van der Waals surface area contributed by atoms with Crippen LogP contribution in [0.3, 0.4) is 0 Å². The molecule has 3 aromatic rings. The van der Waals surface area contributed by atoms with E-state index in [1.165, 1.54) is 29.3 Å². The maximum absolute atomic E-state index is 12.5. The predicted octanol–water partition coefficient (Wildman–Crippen LogP) is 4.57. The minimum Gasteiger partial charge on any atom is -0.330 e. The highest BCUT2D eigenvalue weighted by molar-refractivity contribution is 7.80. The Hall–Kier alpha value is -3.78. The van der Waals surface area contributed by atoms with Crippen LogP contribution in [0.2, 0.25) is 0 Å². The molecule has 3 aromatic carbocycles. The van der Waals surface area contributed by atoms with E-state index in [1.54, 1.807) is 24.3 Å². The molecule has 0 bridgehead atoms. The summed E-state index contributed by atoms with van der Waals surface area (Å²) in [6.07, 6.45) is 0. The zero-order valence-corrected chi connectivity index (χ0v) is 15.3. The summed E-state index contributed by atoms with van der Waals surface area (Å²) in [5.74, 6) is -0.698. The van der Waals surface area contributed by atoms with Crippen LogP contribution in [-0.2, 0) is 4.84 Å². The van der Waals surface area contributed by atoms with Crippen molar-refractivity contribution < 1.29 is 14.6 Å². The third kappa shape index (κ3) is 4.68. The number of nitro groups is 1. The molecule has 140 valence electrons. The van der Waals surface area contributed by atoms with Crippen molar-refractivity contribution in [3.8, 4) is 0 Å². The smallest absolute Gasteiger partial charge is 0.330 e. The molecule has 0 radical (unpaired) electrons. The first-order valence-corrected chi connectivity index (χ1v) is 8.63. The highest BCUT2D eigenvalue weighted by atomic mass is 32.1. The minimum atomic E-state index is -0.698. The Bertz CT molecular complexity index is 979. The highest BCUT2D eigenvalue weighted by Gasteiger charge is 2.20. The Morgan fingerprint density at radius 3 is 2.07 bits per heavy atom. The topological polar surface area (TPSA) is 84.7 Å². The first-order valence-electron chi connectivity index (χ1n) is 8.22. The molecule has 3 rings (SSSR count). The fourth-order valence-electron chi connectivity index (χ4n) is 2.33. The molecular formula is C20H15N3O4S. The van der Waals surface area contributed by atoms with Crippen LogP contribution < -0.4 is 10.4 Å². The molecule has 0 saturated heterocycles. The number of anilines is 2. The van der Waals surface area contributed by atoms with Crippen LogP contribution in [-0.4, -0.2) is 16.0 Å². The molecule has 0 atom stereocenters. The Morgan fingerprint density at radius 2 is 1.50 bits per heavy atom. The van der Waals surface area contributed by atoms with Gasteiger partial charge in [-0.05, 0) is 48.6 Å². The van der Waals surface area contributed by atoms with E-state index in [1.807, 2.05) is 36.4 Å². The van der Waals surface area contributed by atoms with Gasteiger partial charge < -0.3 is 10.2 Å². The van der Waals surface area contributed by atoms with Gasteiger partial charge in [-0.3, -0.25) is 10.1 Å². The zero-order valence-electron chi connectivity index (χ0n) is 14.5. The molecule has 0 heterocycles. The van der Waals surface area contributed by atoms with Crippen molar-refractivity contribution in [3.05, 3.63) is 101 Å². The number of nitrogens with zero attached hydrogens (tertiary/aromatic N) is 2. The zero-order chi connectivity index (χ0) is 19.9. The molecule has 7 nitrogen and oxygen atoms in total.